The zero-order valence-corrected chi connectivity index (χ0v) is 20.2. The molecule has 2 aromatic carbocycles. The molecule has 1 saturated carbocycles. The van der Waals surface area contributed by atoms with E-state index in [0.717, 1.165) is 61.0 Å². The van der Waals surface area contributed by atoms with E-state index in [1.807, 2.05) is 24.3 Å². The normalized spacial score (nSPS) is 24.2. The number of aliphatic hydroxyl groups excluding tert-OH is 1. The van der Waals surface area contributed by atoms with Crippen molar-refractivity contribution in [1.82, 2.24) is 9.80 Å². The number of likely N-dealkylation sites (tertiary alicyclic amines) is 1. The second-order valence-corrected chi connectivity index (χ2v) is 10.3. The summed E-state index contributed by atoms with van der Waals surface area (Å²) in [7, 11) is 3.52. The molecule has 0 bridgehead atoms. The highest BCUT2D eigenvalue weighted by molar-refractivity contribution is 5.95. The first-order valence-electron chi connectivity index (χ1n) is 12.6. The van der Waals surface area contributed by atoms with Crippen LogP contribution in [0.4, 0.5) is 5.69 Å². The number of aliphatic hydroxyl groups is 1. The van der Waals surface area contributed by atoms with Crippen molar-refractivity contribution in [3.63, 3.8) is 0 Å². The van der Waals surface area contributed by atoms with Crippen molar-refractivity contribution in [2.24, 2.45) is 11.8 Å². The van der Waals surface area contributed by atoms with E-state index in [1.54, 1.807) is 19.0 Å². The van der Waals surface area contributed by atoms with Crippen LogP contribution in [-0.4, -0.2) is 60.0 Å². The molecule has 3 aliphatic rings. The van der Waals surface area contributed by atoms with Crippen molar-refractivity contribution in [3.8, 4) is 11.1 Å². The van der Waals surface area contributed by atoms with Crippen LogP contribution in [0.25, 0.3) is 11.1 Å². The van der Waals surface area contributed by atoms with Gasteiger partial charge < -0.3 is 20.2 Å². The molecule has 2 aromatic rings. The molecule has 2 N–H and O–H groups in total. The number of rotatable bonds is 4. The van der Waals surface area contributed by atoms with E-state index in [1.165, 1.54) is 6.42 Å². The number of fused-ring (bicyclic) bond motifs is 3. The number of anilines is 1. The van der Waals surface area contributed by atoms with E-state index in [4.69, 9.17) is 0 Å². The van der Waals surface area contributed by atoms with Gasteiger partial charge >= 0.3 is 0 Å². The van der Waals surface area contributed by atoms with Gasteiger partial charge in [0, 0.05) is 43.7 Å². The van der Waals surface area contributed by atoms with Gasteiger partial charge in [0.25, 0.3) is 5.91 Å². The molecule has 1 saturated heterocycles. The van der Waals surface area contributed by atoms with Crippen LogP contribution in [0.5, 0.6) is 0 Å². The average molecular weight is 462 g/mol. The Balaban J connectivity index is 1.51. The smallest absolute Gasteiger partial charge is 0.253 e. The van der Waals surface area contributed by atoms with Gasteiger partial charge in [-0.2, -0.15) is 0 Å². The van der Waals surface area contributed by atoms with Gasteiger partial charge in [-0.1, -0.05) is 37.5 Å². The number of amides is 2. The van der Waals surface area contributed by atoms with Crippen molar-refractivity contribution < 1.29 is 14.7 Å². The minimum absolute atomic E-state index is 0.0191. The maximum absolute atomic E-state index is 13.6. The summed E-state index contributed by atoms with van der Waals surface area (Å²) < 4.78 is 0. The van der Waals surface area contributed by atoms with Crippen LogP contribution < -0.4 is 5.32 Å². The van der Waals surface area contributed by atoms with E-state index < -0.39 is 0 Å². The molecule has 2 aliphatic heterocycles. The zero-order chi connectivity index (χ0) is 23.8. The Kier molecular flexibility index (Phi) is 6.34. The first-order valence-corrected chi connectivity index (χ1v) is 12.6. The fourth-order valence-electron chi connectivity index (χ4n) is 6.16. The van der Waals surface area contributed by atoms with Gasteiger partial charge in [-0.25, -0.2) is 0 Å². The Labute approximate surface area is 201 Å². The third-order valence-corrected chi connectivity index (χ3v) is 7.96. The Morgan fingerprint density at radius 1 is 1.03 bits per heavy atom. The predicted octanol–water partition coefficient (Wildman–Crippen LogP) is 4.31. The summed E-state index contributed by atoms with van der Waals surface area (Å²) in [6.45, 7) is 0.807. The molecule has 0 unspecified atom stereocenters. The highest BCUT2D eigenvalue weighted by Crippen LogP contribution is 2.48. The fraction of sp³-hybridized carbons (Fsp3) is 0.500. The van der Waals surface area contributed by atoms with Crippen LogP contribution in [0.15, 0.2) is 42.5 Å². The van der Waals surface area contributed by atoms with Crippen LogP contribution in [0.3, 0.4) is 0 Å². The van der Waals surface area contributed by atoms with Crippen LogP contribution >= 0.6 is 0 Å². The second kappa shape index (κ2) is 9.41. The Bertz CT molecular complexity index is 1080. The lowest BCUT2D eigenvalue weighted by atomic mass is 9.81. The molecule has 34 heavy (non-hydrogen) atoms. The third-order valence-electron chi connectivity index (χ3n) is 7.96. The predicted molar refractivity (Wildman–Crippen MR) is 134 cm³/mol. The van der Waals surface area contributed by atoms with Gasteiger partial charge in [0.1, 0.15) is 0 Å². The summed E-state index contributed by atoms with van der Waals surface area (Å²) in [4.78, 5) is 29.8. The van der Waals surface area contributed by atoms with Crippen LogP contribution in [0.2, 0.25) is 0 Å². The molecule has 1 aliphatic carbocycles. The number of nitrogens with one attached hydrogen (secondary N) is 1. The largest absolute Gasteiger partial charge is 0.394 e. The minimum atomic E-state index is -0.0476. The number of carbonyl (C=O) groups excluding carboxylic acids is 2. The first-order chi connectivity index (χ1) is 16.5. The second-order valence-electron chi connectivity index (χ2n) is 10.3. The maximum Gasteiger partial charge on any atom is 0.253 e. The number of hydrogen-bond acceptors (Lipinski definition) is 4. The average Bonchev–Trinajstić information content (AvgIpc) is 3.33. The quantitative estimate of drug-likeness (QED) is 0.712. The molecule has 6 heteroatoms. The van der Waals surface area contributed by atoms with E-state index >= 15 is 0 Å². The standard InChI is InChI=1S/C28H35N3O3/c1-30(2)27(33)21-10-6-9-19(15-21)20-11-12-24-23(16-20)26-22(25(17-32)29-24)13-14-31(26)28(34)18-7-4-3-5-8-18/h6,9-12,15-16,18,22,25-26,29,32H,3-5,7-8,13-14,17H2,1-2H3/t22-,25-,26-/m0/s1. The summed E-state index contributed by atoms with van der Waals surface area (Å²) in [5.41, 5.74) is 4.80. The molecule has 0 spiro atoms. The van der Waals surface area contributed by atoms with Gasteiger partial charge in [-0.15, -0.1) is 0 Å². The summed E-state index contributed by atoms with van der Waals surface area (Å²) >= 11 is 0. The molecule has 2 amide bonds. The Hall–Kier alpha value is -2.86. The number of hydrogen-bond donors (Lipinski definition) is 2. The molecule has 0 aromatic heterocycles. The maximum atomic E-state index is 13.6. The summed E-state index contributed by atoms with van der Waals surface area (Å²) in [5, 5.41) is 13.6. The Morgan fingerprint density at radius 2 is 1.79 bits per heavy atom. The first kappa shape index (κ1) is 22.9. The highest BCUT2D eigenvalue weighted by Gasteiger charge is 2.46. The fourth-order valence-corrected chi connectivity index (χ4v) is 6.16. The number of nitrogens with zero attached hydrogens (tertiary/aromatic N) is 2. The monoisotopic (exact) mass is 461 g/mol. The van der Waals surface area contributed by atoms with Crippen LogP contribution in [0.1, 0.15) is 60.5 Å². The topological polar surface area (TPSA) is 72.9 Å². The zero-order valence-electron chi connectivity index (χ0n) is 20.2. The van der Waals surface area contributed by atoms with E-state index in [0.29, 0.717) is 11.5 Å². The lowest BCUT2D eigenvalue weighted by Crippen LogP contribution is -2.44. The molecule has 6 nitrogen and oxygen atoms in total. The Morgan fingerprint density at radius 3 is 2.53 bits per heavy atom. The molecular weight excluding hydrogens is 426 g/mol. The SMILES string of the molecule is CN(C)C(=O)c1cccc(-c2ccc3c(c2)[C@@H]2[C@@H](CCN2C(=O)C2CCCCC2)[C@H](CO)N3)c1. The van der Waals surface area contributed by atoms with Gasteiger partial charge in [0.15, 0.2) is 0 Å². The molecule has 5 rings (SSSR count). The summed E-state index contributed by atoms with van der Waals surface area (Å²) in [6, 6.07) is 14.0. The number of carbonyl (C=O) groups is 2. The van der Waals surface area contributed by atoms with E-state index in [-0.39, 0.29) is 36.4 Å². The lowest BCUT2D eigenvalue weighted by molar-refractivity contribution is -0.138. The van der Waals surface area contributed by atoms with Crippen molar-refractivity contribution in [1.29, 1.82) is 0 Å². The van der Waals surface area contributed by atoms with Crippen LogP contribution in [-0.2, 0) is 4.79 Å². The molecule has 3 atom stereocenters. The van der Waals surface area contributed by atoms with Crippen molar-refractivity contribution in [3.05, 3.63) is 53.6 Å². The minimum Gasteiger partial charge on any atom is -0.394 e. The molecule has 2 heterocycles. The number of benzene rings is 2. The highest BCUT2D eigenvalue weighted by atomic mass is 16.3. The summed E-state index contributed by atoms with van der Waals surface area (Å²) in [6.07, 6.45) is 6.40. The van der Waals surface area contributed by atoms with Gasteiger partial charge in [-0.05, 0) is 60.2 Å². The van der Waals surface area contributed by atoms with Gasteiger partial charge in [0.05, 0.1) is 18.7 Å². The van der Waals surface area contributed by atoms with Crippen LogP contribution in [0, 0.1) is 11.8 Å². The van der Waals surface area contributed by atoms with E-state index in [2.05, 4.69) is 28.4 Å². The molecule has 2 fully saturated rings. The van der Waals surface area contributed by atoms with E-state index in [9.17, 15) is 14.7 Å². The summed E-state index contributed by atoms with van der Waals surface area (Å²) in [5.74, 6) is 0.602. The van der Waals surface area contributed by atoms with Gasteiger partial charge in [-0.3, -0.25) is 9.59 Å². The lowest BCUT2D eigenvalue weighted by Gasteiger charge is -2.40. The van der Waals surface area contributed by atoms with Crippen molar-refractivity contribution in [2.75, 3.05) is 32.6 Å². The molecule has 0 radical (unpaired) electrons. The molecule has 180 valence electrons. The third kappa shape index (κ3) is 4.09. The van der Waals surface area contributed by atoms with Gasteiger partial charge in [0.2, 0.25) is 5.91 Å². The molecular formula is C28H35N3O3. The van der Waals surface area contributed by atoms with Crippen molar-refractivity contribution in [2.45, 2.75) is 50.6 Å². The van der Waals surface area contributed by atoms with Crippen molar-refractivity contribution >= 4 is 17.5 Å².